The van der Waals surface area contributed by atoms with Crippen molar-refractivity contribution in [3.63, 3.8) is 0 Å². The Labute approximate surface area is 110 Å². The van der Waals surface area contributed by atoms with E-state index in [1.807, 2.05) is 6.92 Å². The molecule has 0 heterocycles. The molecule has 0 unspecified atom stereocenters. The van der Waals surface area contributed by atoms with Gasteiger partial charge in [-0.2, -0.15) is 0 Å². The van der Waals surface area contributed by atoms with Crippen LogP contribution in [0.15, 0.2) is 5.57 Å². The minimum absolute atomic E-state index is 1.26. The molecule has 0 bridgehead atoms. The summed E-state index contributed by atoms with van der Waals surface area (Å²) >= 11 is 0. The van der Waals surface area contributed by atoms with E-state index in [1.165, 1.54) is 82.6 Å². The third-order valence-electron chi connectivity index (χ3n) is 3.58. The predicted octanol–water partition coefficient (Wildman–Crippen LogP) is 6.46. The Bertz CT molecular complexity index is 167. The Morgan fingerprint density at radius 3 is 1.53 bits per heavy atom. The molecule has 0 N–H and O–H groups in total. The molecular weight excluding hydrogens is 204 g/mol. The molecule has 0 aliphatic carbocycles. The molecule has 17 heavy (non-hydrogen) atoms. The van der Waals surface area contributed by atoms with Crippen molar-refractivity contribution in [2.24, 2.45) is 0 Å². The van der Waals surface area contributed by atoms with Gasteiger partial charge in [-0.3, -0.25) is 0 Å². The van der Waals surface area contributed by atoms with E-state index in [4.69, 9.17) is 0 Å². The average Bonchev–Trinajstić information content (AvgIpc) is 2.35. The highest BCUT2D eigenvalue weighted by molar-refractivity contribution is 4.89. The SMILES string of the molecule is C/[C]=C(/C)CCCCCCCCCCCCC. The second-order valence-corrected chi connectivity index (χ2v) is 5.32. The highest BCUT2D eigenvalue weighted by atomic mass is 14.0. The molecule has 0 aromatic heterocycles. The summed E-state index contributed by atoms with van der Waals surface area (Å²) in [5.74, 6) is 0. The number of unbranched alkanes of at least 4 members (excludes halogenated alkanes) is 10. The molecule has 0 aliphatic rings. The topological polar surface area (TPSA) is 0 Å². The van der Waals surface area contributed by atoms with Crippen LogP contribution < -0.4 is 0 Å². The van der Waals surface area contributed by atoms with Crippen LogP contribution >= 0.6 is 0 Å². The first kappa shape index (κ1) is 16.7. The molecule has 0 aromatic carbocycles. The van der Waals surface area contributed by atoms with Gasteiger partial charge in [-0.15, -0.1) is 0 Å². The van der Waals surface area contributed by atoms with Gasteiger partial charge < -0.3 is 0 Å². The van der Waals surface area contributed by atoms with Crippen molar-refractivity contribution in [2.75, 3.05) is 0 Å². The maximum Gasteiger partial charge on any atom is -0.0317 e. The van der Waals surface area contributed by atoms with Gasteiger partial charge in [-0.25, -0.2) is 0 Å². The monoisotopic (exact) mass is 237 g/mol. The summed E-state index contributed by atoms with van der Waals surface area (Å²) in [5, 5.41) is 0. The van der Waals surface area contributed by atoms with Crippen molar-refractivity contribution in [1.82, 2.24) is 0 Å². The number of rotatable bonds is 12. The fourth-order valence-corrected chi connectivity index (χ4v) is 2.18. The molecule has 101 valence electrons. The van der Waals surface area contributed by atoms with Crippen LogP contribution in [0, 0.1) is 6.08 Å². The van der Waals surface area contributed by atoms with Gasteiger partial charge in [0.25, 0.3) is 0 Å². The first-order valence-corrected chi connectivity index (χ1v) is 7.81. The van der Waals surface area contributed by atoms with Crippen molar-refractivity contribution in [3.8, 4) is 0 Å². The molecule has 0 saturated heterocycles. The van der Waals surface area contributed by atoms with Gasteiger partial charge >= 0.3 is 0 Å². The summed E-state index contributed by atoms with van der Waals surface area (Å²) in [5.41, 5.74) is 1.43. The van der Waals surface area contributed by atoms with Crippen LogP contribution in [0.5, 0.6) is 0 Å². The highest BCUT2D eigenvalue weighted by Crippen LogP contribution is 2.13. The molecular formula is C17H33. The Hall–Kier alpha value is -0.260. The Kier molecular flexibility index (Phi) is 13.6. The molecule has 0 aliphatic heterocycles. The maximum atomic E-state index is 3.22. The lowest BCUT2D eigenvalue weighted by atomic mass is 10.0. The van der Waals surface area contributed by atoms with Crippen LogP contribution in [0.4, 0.5) is 0 Å². The molecule has 0 nitrogen and oxygen atoms in total. The van der Waals surface area contributed by atoms with E-state index < -0.39 is 0 Å². The summed E-state index contributed by atoms with van der Waals surface area (Å²) in [6.07, 6.45) is 20.2. The number of allylic oxidation sites excluding steroid dienone is 2. The second-order valence-electron chi connectivity index (χ2n) is 5.32. The molecule has 0 amide bonds. The van der Waals surface area contributed by atoms with E-state index in [0.29, 0.717) is 0 Å². The van der Waals surface area contributed by atoms with E-state index in [-0.39, 0.29) is 0 Å². The molecule has 0 aromatic rings. The Morgan fingerprint density at radius 2 is 1.12 bits per heavy atom. The minimum atomic E-state index is 1.26. The summed E-state index contributed by atoms with van der Waals surface area (Å²) < 4.78 is 0. The zero-order chi connectivity index (χ0) is 12.8. The van der Waals surface area contributed by atoms with Crippen molar-refractivity contribution >= 4 is 0 Å². The zero-order valence-corrected chi connectivity index (χ0v) is 12.5. The van der Waals surface area contributed by atoms with Crippen LogP contribution in [-0.4, -0.2) is 0 Å². The normalized spacial score (nSPS) is 12.1. The van der Waals surface area contributed by atoms with Gasteiger partial charge in [0.15, 0.2) is 0 Å². The lowest BCUT2D eigenvalue weighted by Gasteiger charge is -2.02. The fraction of sp³-hybridized carbons (Fsp3) is 0.882. The van der Waals surface area contributed by atoms with Crippen LogP contribution in [0.1, 0.15) is 97.8 Å². The molecule has 0 rings (SSSR count). The summed E-state index contributed by atoms with van der Waals surface area (Å²) in [4.78, 5) is 0. The minimum Gasteiger partial charge on any atom is -0.0701 e. The zero-order valence-electron chi connectivity index (χ0n) is 12.5. The quantitative estimate of drug-likeness (QED) is 0.342. The second kappa shape index (κ2) is 13.8. The maximum absolute atomic E-state index is 3.22. The smallest absolute Gasteiger partial charge is 0.0317 e. The van der Waals surface area contributed by atoms with E-state index >= 15 is 0 Å². The molecule has 0 spiro atoms. The molecule has 0 fully saturated rings. The number of hydrogen-bond donors (Lipinski definition) is 0. The first-order chi connectivity index (χ1) is 8.31. The molecule has 0 heteroatoms. The van der Waals surface area contributed by atoms with Gasteiger partial charge in [-0.05, 0) is 32.8 Å². The van der Waals surface area contributed by atoms with E-state index in [2.05, 4.69) is 19.9 Å². The molecule has 0 atom stereocenters. The van der Waals surface area contributed by atoms with Crippen LogP contribution in [-0.2, 0) is 0 Å². The van der Waals surface area contributed by atoms with Crippen molar-refractivity contribution < 1.29 is 0 Å². The first-order valence-electron chi connectivity index (χ1n) is 7.81. The third kappa shape index (κ3) is 13.7. The largest absolute Gasteiger partial charge is 0.0701 e. The summed E-state index contributed by atoms with van der Waals surface area (Å²) in [6, 6.07) is 0. The van der Waals surface area contributed by atoms with Gasteiger partial charge in [-0.1, -0.05) is 76.7 Å². The van der Waals surface area contributed by atoms with Crippen LogP contribution in [0.2, 0.25) is 0 Å². The van der Waals surface area contributed by atoms with Gasteiger partial charge in [0, 0.05) is 0 Å². The van der Waals surface area contributed by atoms with Crippen LogP contribution in [0.25, 0.3) is 0 Å². The summed E-state index contributed by atoms with van der Waals surface area (Å²) in [6.45, 7) is 6.50. The molecule has 0 saturated carbocycles. The molecule has 1 radical (unpaired) electrons. The average molecular weight is 237 g/mol. The standard InChI is InChI=1S/C17H33/c1-4-6-7-8-9-10-11-12-13-14-15-16-17(3)5-2/h4,6-16H2,1-3H3. The van der Waals surface area contributed by atoms with Gasteiger partial charge in [0.05, 0.1) is 0 Å². The Balaban J connectivity index is 2.99. The van der Waals surface area contributed by atoms with E-state index in [0.717, 1.165) is 0 Å². The summed E-state index contributed by atoms with van der Waals surface area (Å²) in [7, 11) is 0. The highest BCUT2D eigenvalue weighted by Gasteiger charge is 1.93. The lowest BCUT2D eigenvalue weighted by molar-refractivity contribution is 0.549. The van der Waals surface area contributed by atoms with E-state index in [9.17, 15) is 0 Å². The predicted molar refractivity (Wildman–Crippen MR) is 79.2 cm³/mol. The van der Waals surface area contributed by atoms with E-state index in [1.54, 1.807) is 0 Å². The van der Waals surface area contributed by atoms with Crippen molar-refractivity contribution in [3.05, 3.63) is 11.6 Å². The number of hydrogen-bond acceptors (Lipinski definition) is 0. The van der Waals surface area contributed by atoms with Gasteiger partial charge in [0.1, 0.15) is 0 Å². The van der Waals surface area contributed by atoms with Crippen molar-refractivity contribution in [1.29, 1.82) is 0 Å². The van der Waals surface area contributed by atoms with Crippen molar-refractivity contribution in [2.45, 2.75) is 97.8 Å². The Morgan fingerprint density at radius 1 is 0.706 bits per heavy atom. The lowest BCUT2D eigenvalue weighted by Crippen LogP contribution is -1.83. The third-order valence-corrected chi connectivity index (χ3v) is 3.58. The van der Waals surface area contributed by atoms with Crippen LogP contribution in [0.3, 0.4) is 0 Å². The fourth-order valence-electron chi connectivity index (χ4n) is 2.18. The van der Waals surface area contributed by atoms with Gasteiger partial charge in [0.2, 0.25) is 0 Å².